The average Bonchev–Trinajstić information content (AvgIpc) is 2.17. The fraction of sp³-hybridized carbons (Fsp3) is 0.444. The normalized spacial score (nSPS) is 12.9. The van der Waals surface area contributed by atoms with Gasteiger partial charge in [0.1, 0.15) is 0 Å². The summed E-state index contributed by atoms with van der Waals surface area (Å²) in [5.74, 6) is 0. The van der Waals surface area contributed by atoms with Crippen LogP contribution in [0.2, 0.25) is 0 Å². The van der Waals surface area contributed by atoms with E-state index in [0.29, 0.717) is 11.7 Å². The Hall–Kier alpha value is -0.930. The molecule has 1 rings (SSSR count). The summed E-state index contributed by atoms with van der Waals surface area (Å²) in [6, 6.07) is 4.12. The highest BCUT2D eigenvalue weighted by molar-refractivity contribution is 5.16. The minimum absolute atomic E-state index is 0.00815. The first-order chi connectivity index (χ1) is 5.77. The average molecular weight is 166 g/mol. The number of hydrogen-bond donors (Lipinski definition) is 2. The molecule has 0 amide bonds. The molecule has 0 aliphatic rings. The lowest BCUT2D eigenvalue weighted by Gasteiger charge is -2.09. The molecule has 1 aromatic rings. The van der Waals surface area contributed by atoms with Gasteiger partial charge in [-0.2, -0.15) is 0 Å². The lowest BCUT2D eigenvalue weighted by atomic mass is 10.1. The van der Waals surface area contributed by atoms with Crippen LogP contribution in [0.5, 0.6) is 0 Å². The number of aromatic nitrogens is 1. The second kappa shape index (κ2) is 4.18. The molecule has 1 heterocycles. The van der Waals surface area contributed by atoms with Gasteiger partial charge in [0.05, 0.1) is 12.3 Å². The fourth-order valence-corrected chi connectivity index (χ4v) is 0.952. The third kappa shape index (κ3) is 2.03. The molecule has 1 aromatic heterocycles. The summed E-state index contributed by atoms with van der Waals surface area (Å²) in [6.07, 6.45) is 1.78. The molecule has 0 aromatic carbocycles. The van der Waals surface area contributed by atoms with Gasteiger partial charge in [0.25, 0.3) is 0 Å². The fourth-order valence-electron chi connectivity index (χ4n) is 0.952. The quantitative estimate of drug-likeness (QED) is 0.700. The predicted molar refractivity (Wildman–Crippen MR) is 47.6 cm³/mol. The van der Waals surface area contributed by atoms with Crippen LogP contribution in [0.3, 0.4) is 0 Å². The molecule has 0 radical (unpaired) electrons. The van der Waals surface area contributed by atoms with Gasteiger partial charge in [0.2, 0.25) is 0 Å². The van der Waals surface area contributed by atoms with Crippen molar-refractivity contribution in [3.8, 4) is 0 Å². The predicted octanol–water partition coefficient (Wildman–Crippen LogP) is 0.854. The van der Waals surface area contributed by atoms with E-state index in [1.165, 1.54) is 0 Å². The van der Waals surface area contributed by atoms with Gasteiger partial charge in [-0.05, 0) is 25.6 Å². The van der Waals surface area contributed by atoms with Crippen LogP contribution in [0.25, 0.3) is 0 Å². The molecule has 0 saturated heterocycles. The van der Waals surface area contributed by atoms with Gasteiger partial charge in [-0.3, -0.25) is 4.98 Å². The van der Waals surface area contributed by atoms with Gasteiger partial charge in [-0.1, -0.05) is 6.07 Å². The molecule has 2 N–H and O–H groups in total. The summed E-state index contributed by atoms with van der Waals surface area (Å²) in [5, 5.41) is 11.9. The molecular formula is C9H14N2O. The third-order valence-electron chi connectivity index (χ3n) is 1.94. The summed E-state index contributed by atoms with van der Waals surface area (Å²) >= 11 is 0. The number of hydrogen-bond acceptors (Lipinski definition) is 3. The Morgan fingerprint density at radius 2 is 2.33 bits per heavy atom. The zero-order chi connectivity index (χ0) is 8.97. The highest BCUT2D eigenvalue weighted by Crippen LogP contribution is 2.09. The Kier molecular flexibility index (Phi) is 3.19. The minimum Gasteiger partial charge on any atom is -0.390 e. The summed E-state index contributed by atoms with van der Waals surface area (Å²) in [4.78, 5) is 4.08. The SMILES string of the molecule is CNC(C)c1ccc(CO)nc1. The number of nitrogens with zero attached hydrogens (tertiary/aromatic N) is 1. The van der Waals surface area contributed by atoms with Crippen LogP contribution in [0, 0.1) is 0 Å². The molecule has 1 atom stereocenters. The molecule has 0 spiro atoms. The van der Waals surface area contributed by atoms with Gasteiger partial charge in [0, 0.05) is 12.2 Å². The zero-order valence-electron chi connectivity index (χ0n) is 7.41. The van der Waals surface area contributed by atoms with Crippen LogP contribution < -0.4 is 5.32 Å². The van der Waals surface area contributed by atoms with Crippen LogP contribution in [0.15, 0.2) is 18.3 Å². The molecule has 0 bridgehead atoms. The number of aliphatic hydroxyl groups excluding tert-OH is 1. The zero-order valence-corrected chi connectivity index (χ0v) is 7.41. The Morgan fingerprint density at radius 3 is 2.75 bits per heavy atom. The van der Waals surface area contributed by atoms with Crippen LogP contribution in [0.1, 0.15) is 24.2 Å². The van der Waals surface area contributed by atoms with Crippen LogP contribution in [-0.4, -0.2) is 17.1 Å². The standard InChI is InChI=1S/C9H14N2O/c1-7(10-2)8-3-4-9(6-12)11-5-8/h3-5,7,10,12H,6H2,1-2H3. The first kappa shape index (κ1) is 9.16. The Balaban J connectivity index is 2.77. The maximum absolute atomic E-state index is 8.75. The van der Waals surface area contributed by atoms with Crippen molar-refractivity contribution in [2.24, 2.45) is 0 Å². The monoisotopic (exact) mass is 166 g/mol. The smallest absolute Gasteiger partial charge is 0.0852 e. The maximum atomic E-state index is 8.75. The molecular weight excluding hydrogens is 152 g/mol. The van der Waals surface area contributed by atoms with Crippen molar-refractivity contribution in [1.82, 2.24) is 10.3 Å². The molecule has 0 fully saturated rings. The number of pyridine rings is 1. The summed E-state index contributed by atoms with van der Waals surface area (Å²) < 4.78 is 0. The van der Waals surface area contributed by atoms with Crippen LogP contribution in [0.4, 0.5) is 0 Å². The van der Waals surface area contributed by atoms with Crippen molar-refractivity contribution in [2.45, 2.75) is 19.6 Å². The third-order valence-corrected chi connectivity index (χ3v) is 1.94. The van der Waals surface area contributed by atoms with Crippen molar-refractivity contribution in [2.75, 3.05) is 7.05 Å². The second-order valence-corrected chi connectivity index (χ2v) is 2.75. The molecule has 1 unspecified atom stereocenters. The molecule has 66 valence electrons. The van der Waals surface area contributed by atoms with E-state index >= 15 is 0 Å². The highest BCUT2D eigenvalue weighted by atomic mass is 16.3. The summed E-state index contributed by atoms with van der Waals surface area (Å²) in [5.41, 5.74) is 1.84. The van der Waals surface area contributed by atoms with Crippen molar-refractivity contribution in [1.29, 1.82) is 0 Å². The summed E-state index contributed by atoms with van der Waals surface area (Å²) in [7, 11) is 1.91. The van der Waals surface area contributed by atoms with Gasteiger partial charge in [-0.15, -0.1) is 0 Å². The Labute approximate surface area is 72.5 Å². The van der Waals surface area contributed by atoms with Crippen molar-refractivity contribution in [3.63, 3.8) is 0 Å². The first-order valence-electron chi connectivity index (χ1n) is 4.01. The largest absolute Gasteiger partial charge is 0.390 e. The highest BCUT2D eigenvalue weighted by Gasteiger charge is 2.01. The van der Waals surface area contributed by atoms with Gasteiger partial charge >= 0.3 is 0 Å². The Morgan fingerprint density at radius 1 is 1.58 bits per heavy atom. The second-order valence-electron chi connectivity index (χ2n) is 2.75. The van der Waals surface area contributed by atoms with Crippen LogP contribution in [-0.2, 0) is 6.61 Å². The van der Waals surface area contributed by atoms with Crippen LogP contribution >= 0.6 is 0 Å². The van der Waals surface area contributed by atoms with E-state index in [1.54, 1.807) is 6.20 Å². The van der Waals surface area contributed by atoms with Crippen molar-refractivity contribution < 1.29 is 5.11 Å². The molecule has 3 nitrogen and oxygen atoms in total. The lowest BCUT2D eigenvalue weighted by Crippen LogP contribution is -2.12. The molecule has 3 heteroatoms. The van der Waals surface area contributed by atoms with Crippen molar-refractivity contribution >= 4 is 0 Å². The summed E-state index contributed by atoms with van der Waals surface area (Å²) in [6.45, 7) is 2.07. The van der Waals surface area contributed by atoms with E-state index < -0.39 is 0 Å². The molecule has 0 aliphatic heterocycles. The molecule has 0 saturated carbocycles. The van der Waals surface area contributed by atoms with E-state index in [-0.39, 0.29) is 6.61 Å². The van der Waals surface area contributed by atoms with E-state index in [1.807, 2.05) is 19.2 Å². The Bertz CT molecular complexity index is 233. The topological polar surface area (TPSA) is 45.1 Å². The molecule has 0 aliphatic carbocycles. The van der Waals surface area contributed by atoms with E-state index in [2.05, 4.69) is 17.2 Å². The van der Waals surface area contributed by atoms with E-state index in [9.17, 15) is 0 Å². The number of nitrogens with one attached hydrogen (secondary N) is 1. The van der Waals surface area contributed by atoms with Gasteiger partial charge in [0.15, 0.2) is 0 Å². The maximum Gasteiger partial charge on any atom is 0.0852 e. The van der Waals surface area contributed by atoms with Gasteiger partial charge < -0.3 is 10.4 Å². The van der Waals surface area contributed by atoms with E-state index in [4.69, 9.17) is 5.11 Å². The number of aliphatic hydroxyl groups is 1. The van der Waals surface area contributed by atoms with Gasteiger partial charge in [-0.25, -0.2) is 0 Å². The number of rotatable bonds is 3. The molecule has 12 heavy (non-hydrogen) atoms. The van der Waals surface area contributed by atoms with E-state index in [0.717, 1.165) is 5.56 Å². The lowest BCUT2D eigenvalue weighted by molar-refractivity contribution is 0.277. The first-order valence-corrected chi connectivity index (χ1v) is 4.01. The minimum atomic E-state index is 0.00815. The van der Waals surface area contributed by atoms with Crippen molar-refractivity contribution in [3.05, 3.63) is 29.6 Å².